The number of hydrogen-bond acceptors (Lipinski definition) is 4. The molecule has 6 aromatic rings. The Morgan fingerprint density at radius 3 is 1.64 bits per heavy atom. The summed E-state index contributed by atoms with van der Waals surface area (Å²) in [6.07, 6.45) is 5.55. The van der Waals surface area contributed by atoms with E-state index in [1.807, 2.05) is 50.4 Å². The molecule has 0 radical (unpaired) electrons. The first-order chi connectivity index (χ1) is 20.7. The molecule has 4 aromatic carbocycles. The molecule has 6 rings (SSSR count). The molecule has 0 saturated carbocycles. The van der Waals surface area contributed by atoms with Gasteiger partial charge in [0, 0.05) is 23.5 Å². The first-order valence-corrected chi connectivity index (χ1v) is 15.6. The SMILES string of the molecule is CC.CCOC(=O)Cc1cnn2cc(-c3ccccc3)cnc12.c1ccc(P(c2ccccc2)c2ccccc2)cc1. The van der Waals surface area contributed by atoms with Crippen LogP contribution in [0.3, 0.4) is 0 Å². The minimum absolute atomic E-state index is 0.190. The lowest BCUT2D eigenvalue weighted by Gasteiger charge is -2.18. The first-order valence-electron chi connectivity index (χ1n) is 14.2. The van der Waals surface area contributed by atoms with Crippen LogP contribution in [-0.2, 0) is 16.0 Å². The molecule has 0 atom stereocenters. The fourth-order valence-electron chi connectivity index (χ4n) is 4.37. The number of carbonyl (C=O) groups excluding carboxylic acids is 1. The van der Waals surface area contributed by atoms with Crippen molar-refractivity contribution in [3.05, 3.63) is 145 Å². The van der Waals surface area contributed by atoms with Crippen molar-refractivity contribution in [1.82, 2.24) is 14.6 Å². The van der Waals surface area contributed by atoms with Gasteiger partial charge in [0.1, 0.15) is 0 Å². The minimum Gasteiger partial charge on any atom is -0.466 e. The van der Waals surface area contributed by atoms with E-state index >= 15 is 0 Å². The van der Waals surface area contributed by atoms with E-state index in [0.29, 0.717) is 12.3 Å². The van der Waals surface area contributed by atoms with Gasteiger partial charge in [-0.25, -0.2) is 9.50 Å². The van der Waals surface area contributed by atoms with E-state index in [4.69, 9.17) is 4.74 Å². The summed E-state index contributed by atoms with van der Waals surface area (Å²) in [5.41, 5.74) is 3.51. The molecule has 0 spiro atoms. The van der Waals surface area contributed by atoms with Crippen molar-refractivity contribution >= 4 is 35.5 Å². The molecule has 6 heteroatoms. The summed E-state index contributed by atoms with van der Waals surface area (Å²) in [5, 5.41) is 8.46. The van der Waals surface area contributed by atoms with Crippen LogP contribution in [0.4, 0.5) is 0 Å². The van der Waals surface area contributed by atoms with Crippen LogP contribution >= 0.6 is 7.92 Å². The second kappa shape index (κ2) is 16.0. The predicted octanol–water partition coefficient (Wildman–Crippen LogP) is 6.97. The Balaban J connectivity index is 0.000000183. The lowest BCUT2D eigenvalue weighted by molar-refractivity contribution is -0.142. The van der Waals surface area contributed by atoms with Gasteiger partial charge in [-0.05, 0) is 36.3 Å². The third kappa shape index (κ3) is 7.99. The van der Waals surface area contributed by atoms with Gasteiger partial charge < -0.3 is 4.74 Å². The van der Waals surface area contributed by atoms with Crippen molar-refractivity contribution in [2.45, 2.75) is 27.2 Å². The average Bonchev–Trinajstić information content (AvgIpc) is 3.46. The number of esters is 1. The van der Waals surface area contributed by atoms with E-state index < -0.39 is 7.92 Å². The molecule has 5 nitrogen and oxygen atoms in total. The fraction of sp³-hybridized carbons (Fsp3) is 0.139. The molecule has 2 heterocycles. The molecule has 0 amide bonds. The molecular formula is C36H36N3O2P. The summed E-state index contributed by atoms with van der Waals surface area (Å²) >= 11 is 0. The molecule has 0 saturated heterocycles. The van der Waals surface area contributed by atoms with Gasteiger partial charge in [-0.1, -0.05) is 135 Å². The van der Waals surface area contributed by atoms with Crippen LogP contribution in [0.5, 0.6) is 0 Å². The van der Waals surface area contributed by atoms with Gasteiger partial charge in [0.2, 0.25) is 0 Å². The molecular weight excluding hydrogens is 537 g/mol. The number of benzene rings is 4. The molecule has 0 N–H and O–H groups in total. The van der Waals surface area contributed by atoms with E-state index in [1.165, 1.54) is 15.9 Å². The van der Waals surface area contributed by atoms with E-state index in [0.717, 1.165) is 16.7 Å². The number of fused-ring (bicyclic) bond motifs is 1. The summed E-state index contributed by atoms with van der Waals surface area (Å²) in [6.45, 7) is 6.17. The maximum Gasteiger partial charge on any atom is 0.310 e. The number of carbonyl (C=O) groups is 1. The normalized spacial score (nSPS) is 10.3. The van der Waals surface area contributed by atoms with E-state index in [9.17, 15) is 4.79 Å². The van der Waals surface area contributed by atoms with Crippen molar-refractivity contribution < 1.29 is 9.53 Å². The van der Waals surface area contributed by atoms with E-state index in [1.54, 1.807) is 23.8 Å². The predicted molar refractivity (Wildman–Crippen MR) is 175 cm³/mol. The van der Waals surface area contributed by atoms with Gasteiger partial charge in [0.05, 0.1) is 19.2 Å². The van der Waals surface area contributed by atoms with Crippen LogP contribution in [0.1, 0.15) is 26.3 Å². The third-order valence-electron chi connectivity index (χ3n) is 6.22. The molecule has 0 unspecified atom stereocenters. The largest absolute Gasteiger partial charge is 0.466 e. The number of rotatable bonds is 7. The van der Waals surface area contributed by atoms with Crippen LogP contribution in [0.2, 0.25) is 0 Å². The lowest BCUT2D eigenvalue weighted by atomic mass is 10.1. The Morgan fingerprint density at radius 1 is 0.690 bits per heavy atom. The number of ether oxygens (including phenoxy) is 1. The summed E-state index contributed by atoms with van der Waals surface area (Å²) in [6, 6.07) is 42.3. The fourth-order valence-corrected chi connectivity index (χ4v) is 6.68. The average molecular weight is 574 g/mol. The minimum atomic E-state index is -0.446. The highest BCUT2D eigenvalue weighted by molar-refractivity contribution is 7.79. The lowest BCUT2D eigenvalue weighted by Crippen LogP contribution is -2.20. The summed E-state index contributed by atoms with van der Waals surface area (Å²) in [4.78, 5) is 16.0. The first kappa shape index (κ1) is 30.4. The molecule has 0 aliphatic heterocycles. The Kier molecular flexibility index (Phi) is 11.6. The Labute approximate surface area is 249 Å². The second-order valence-corrected chi connectivity index (χ2v) is 11.2. The zero-order valence-electron chi connectivity index (χ0n) is 24.3. The standard InChI is InChI=1S/C18H15P.C16H15N3O2.C2H6/c1-4-10-16(11-5-1)19(17-12-6-2-7-13-17)18-14-8-3-9-15-18;1-2-21-15(20)8-13-10-18-19-11-14(9-17-16(13)19)12-6-4-3-5-7-12;1-2/h1-15H;3-7,9-11H,2,8H2,1H3;1-2H3. The molecule has 0 bridgehead atoms. The van der Waals surface area contributed by atoms with E-state index in [-0.39, 0.29) is 12.4 Å². The van der Waals surface area contributed by atoms with Gasteiger partial charge in [0.25, 0.3) is 0 Å². The number of aromatic nitrogens is 3. The molecule has 0 fully saturated rings. The Bertz CT molecular complexity index is 1550. The zero-order chi connectivity index (χ0) is 29.6. The van der Waals surface area contributed by atoms with Crippen LogP contribution in [0.15, 0.2) is 140 Å². The summed E-state index contributed by atoms with van der Waals surface area (Å²) < 4.78 is 6.64. The third-order valence-corrected chi connectivity index (χ3v) is 8.66. The topological polar surface area (TPSA) is 56.5 Å². The highest BCUT2D eigenvalue weighted by Crippen LogP contribution is 2.32. The van der Waals surface area contributed by atoms with Crippen molar-refractivity contribution in [2.24, 2.45) is 0 Å². The number of hydrogen-bond donors (Lipinski definition) is 0. The van der Waals surface area contributed by atoms with Gasteiger partial charge >= 0.3 is 5.97 Å². The Hall–Kier alpha value is -4.60. The van der Waals surface area contributed by atoms with Gasteiger partial charge in [-0.3, -0.25) is 4.79 Å². The molecule has 212 valence electrons. The van der Waals surface area contributed by atoms with Gasteiger partial charge in [-0.2, -0.15) is 5.10 Å². The molecule has 2 aromatic heterocycles. The Morgan fingerprint density at radius 2 is 1.17 bits per heavy atom. The highest BCUT2D eigenvalue weighted by atomic mass is 31.1. The maximum atomic E-state index is 11.6. The van der Waals surface area contributed by atoms with Crippen LogP contribution in [-0.4, -0.2) is 27.2 Å². The quantitative estimate of drug-likeness (QED) is 0.153. The van der Waals surface area contributed by atoms with Gasteiger partial charge in [-0.15, -0.1) is 0 Å². The number of nitrogens with zero attached hydrogens (tertiary/aromatic N) is 3. The van der Waals surface area contributed by atoms with Crippen LogP contribution in [0, 0.1) is 0 Å². The molecule has 0 aliphatic rings. The van der Waals surface area contributed by atoms with Crippen molar-refractivity contribution in [3.8, 4) is 11.1 Å². The van der Waals surface area contributed by atoms with E-state index in [2.05, 4.69) is 101 Å². The monoisotopic (exact) mass is 573 g/mol. The maximum absolute atomic E-state index is 11.6. The van der Waals surface area contributed by atoms with Gasteiger partial charge in [0.15, 0.2) is 5.65 Å². The van der Waals surface area contributed by atoms with Crippen molar-refractivity contribution in [3.63, 3.8) is 0 Å². The summed E-state index contributed by atoms with van der Waals surface area (Å²) in [5.74, 6) is -0.263. The van der Waals surface area contributed by atoms with Crippen molar-refractivity contribution in [1.29, 1.82) is 0 Å². The van der Waals surface area contributed by atoms with Crippen LogP contribution in [0.25, 0.3) is 16.8 Å². The van der Waals surface area contributed by atoms with Crippen molar-refractivity contribution in [2.75, 3.05) is 6.61 Å². The van der Waals surface area contributed by atoms with Crippen LogP contribution < -0.4 is 15.9 Å². The smallest absolute Gasteiger partial charge is 0.310 e. The highest BCUT2D eigenvalue weighted by Gasteiger charge is 2.15. The molecule has 42 heavy (non-hydrogen) atoms. The zero-order valence-corrected chi connectivity index (χ0v) is 25.2. The second-order valence-electron chi connectivity index (χ2n) is 8.97. The molecule has 0 aliphatic carbocycles. The summed E-state index contributed by atoms with van der Waals surface area (Å²) in [7, 11) is -0.446.